The van der Waals surface area contributed by atoms with Gasteiger partial charge in [0.05, 0.1) is 17.9 Å². The Morgan fingerprint density at radius 1 is 1.25 bits per heavy atom. The lowest BCUT2D eigenvalue weighted by molar-refractivity contribution is 0.141. The highest BCUT2D eigenvalue weighted by molar-refractivity contribution is 7.89. The first-order valence-corrected chi connectivity index (χ1v) is 7.88. The molecule has 1 aromatic carbocycles. The van der Waals surface area contributed by atoms with Crippen LogP contribution in [0, 0.1) is 0 Å². The molecule has 0 bridgehead atoms. The Balaban J connectivity index is 2.45. The number of sulfonamides is 1. The molecule has 6 nitrogen and oxygen atoms in total. The fraction of sp³-hybridized carbons (Fsp3) is 0.538. The van der Waals surface area contributed by atoms with E-state index < -0.39 is 15.6 Å². The van der Waals surface area contributed by atoms with Crippen LogP contribution in [0.1, 0.15) is 13.8 Å². The molecule has 0 aromatic heterocycles. The minimum absolute atomic E-state index is 0.0717. The minimum Gasteiger partial charge on any atom is -0.492 e. The summed E-state index contributed by atoms with van der Waals surface area (Å²) < 4.78 is 36.7. The van der Waals surface area contributed by atoms with Crippen molar-refractivity contribution in [3.63, 3.8) is 0 Å². The van der Waals surface area contributed by atoms with E-state index >= 15 is 0 Å². The number of methoxy groups -OCH3 is 1. The van der Waals surface area contributed by atoms with Crippen molar-refractivity contribution < 1.29 is 17.9 Å². The summed E-state index contributed by atoms with van der Waals surface area (Å²) >= 11 is 0. The van der Waals surface area contributed by atoms with Gasteiger partial charge in [0.2, 0.25) is 10.0 Å². The summed E-state index contributed by atoms with van der Waals surface area (Å²) in [7, 11) is -1.89. The van der Waals surface area contributed by atoms with E-state index in [1.807, 2.05) is 0 Å². The minimum atomic E-state index is -3.42. The monoisotopic (exact) mass is 302 g/mol. The zero-order chi connectivity index (χ0) is 15.2. The molecule has 1 aromatic rings. The number of hydrogen-bond acceptors (Lipinski definition) is 5. The van der Waals surface area contributed by atoms with Gasteiger partial charge in [-0.15, -0.1) is 0 Å². The molecule has 0 radical (unpaired) electrons. The summed E-state index contributed by atoms with van der Waals surface area (Å²) in [4.78, 5) is 0. The molecular weight excluding hydrogens is 280 g/mol. The molecular formula is C13H22N2O4S. The van der Waals surface area contributed by atoms with Gasteiger partial charge in [-0.3, -0.25) is 0 Å². The van der Waals surface area contributed by atoms with E-state index in [0.717, 1.165) is 0 Å². The van der Waals surface area contributed by atoms with Gasteiger partial charge in [0.25, 0.3) is 0 Å². The maximum absolute atomic E-state index is 11.9. The highest BCUT2D eigenvalue weighted by Crippen LogP contribution is 2.13. The number of rotatable bonds is 8. The average molecular weight is 302 g/mol. The molecule has 114 valence electrons. The molecule has 3 N–H and O–H groups in total. The zero-order valence-corrected chi connectivity index (χ0v) is 12.9. The van der Waals surface area contributed by atoms with Crippen molar-refractivity contribution in [2.45, 2.75) is 19.4 Å². The summed E-state index contributed by atoms with van der Waals surface area (Å²) in [5, 5.41) is 0. The second-order valence-electron chi connectivity index (χ2n) is 5.16. The molecule has 1 rings (SSSR count). The largest absolute Gasteiger partial charge is 0.492 e. The molecule has 0 unspecified atom stereocenters. The van der Waals surface area contributed by atoms with Gasteiger partial charge in [0.1, 0.15) is 12.4 Å². The maximum Gasteiger partial charge on any atom is 0.215 e. The third kappa shape index (κ3) is 6.23. The van der Waals surface area contributed by atoms with Crippen LogP contribution in [0.5, 0.6) is 5.75 Å². The molecule has 0 aliphatic heterocycles. The molecule has 0 saturated heterocycles. The molecule has 7 heteroatoms. The number of nitrogens with one attached hydrogen (secondary N) is 1. The Morgan fingerprint density at radius 3 is 2.40 bits per heavy atom. The van der Waals surface area contributed by atoms with E-state index in [1.54, 1.807) is 38.1 Å². The van der Waals surface area contributed by atoms with E-state index in [1.165, 1.54) is 7.11 Å². The number of nitrogen functional groups attached to an aromatic ring is 1. The molecule has 0 aliphatic carbocycles. The van der Waals surface area contributed by atoms with Crippen molar-refractivity contribution in [3.05, 3.63) is 24.3 Å². The molecule has 0 atom stereocenters. The van der Waals surface area contributed by atoms with E-state index in [4.69, 9.17) is 15.2 Å². The predicted molar refractivity (Wildman–Crippen MR) is 79.2 cm³/mol. The topological polar surface area (TPSA) is 90.6 Å². The fourth-order valence-electron chi connectivity index (χ4n) is 1.70. The summed E-state index contributed by atoms with van der Waals surface area (Å²) in [6, 6.07) is 6.79. The summed E-state index contributed by atoms with van der Waals surface area (Å²) in [6.45, 7) is 3.89. The van der Waals surface area contributed by atoms with E-state index in [2.05, 4.69) is 4.72 Å². The highest BCUT2D eigenvalue weighted by atomic mass is 32.2. The molecule has 0 aliphatic rings. The Kier molecular flexibility index (Phi) is 5.79. The predicted octanol–water partition coefficient (Wildman–Crippen LogP) is 0.992. The number of ether oxygens (including phenoxy) is 2. The first-order valence-electron chi connectivity index (χ1n) is 6.23. The van der Waals surface area contributed by atoms with Crippen LogP contribution in [0.25, 0.3) is 0 Å². The lowest BCUT2D eigenvalue weighted by Crippen LogP contribution is -2.48. The van der Waals surface area contributed by atoms with E-state index in [0.29, 0.717) is 18.0 Å². The smallest absolute Gasteiger partial charge is 0.215 e. The van der Waals surface area contributed by atoms with Crippen LogP contribution in [0.2, 0.25) is 0 Å². The van der Waals surface area contributed by atoms with Crippen molar-refractivity contribution in [1.29, 1.82) is 0 Å². The quantitative estimate of drug-likeness (QED) is 0.699. The van der Waals surface area contributed by atoms with Gasteiger partial charge < -0.3 is 15.2 Å². The van der Waals surface area contributed by atoms with Crippen LogP contribution in [-0.2, 0) is 14.8 Å². The van der Waals surface area contributed by atoms with Crippen molar-refractivity contribution in [3.8, 4) is 5.75 Å². The van der Waals surface area contributed by atoms with Crippen molar-refractivity contribution in [2.75, 3.05) is 31.8 Å². The van der Waals surface area contributed by atoms with Gasteiger partial charge in [-0.05, 0) is 38.1 Å². The molecule has 0 fully saturated rings. The highest BCUT2D eigenvalue weighted by Gasteiger charge is 2.24. The summed E-state index contributed by atoms with van der Waals surface area (Å²) in [6.07, 6.45) is 0. The molecule has 0 heterocycles. The first kappa shape index (κ1) is 16.7. The SMILES string of the molecule is COCC(C)(C)NS(=O)(=O)CCOc1ccc(N)cc1. The third-order valence-corrected chi connectivity index (χ3v) is 4.01. The normalized spacial score (nSPS) is 12.3. The number of anilines is 1. The van der Waals surface area contributed by atoms with Crippen molar-refractivity contribution in [2.24, 2.45) is 0 Å². The lowest BCUT2D eigenvalue weighted by Gasteiger charge is -2.24. The van der Waals surface area contributed by atoms with E-state index in [-0.39, 0.29) is 12.4 Å². The van der Waals surface area contributed by atoms with Gasteiger partial charge in [-0.25, -0.2) is 13.1 Å². The van der Waals surface area contributed by atoms with Gasteiger partial charge >= 0.3 is 0 Å². The van der Waals surface area contributed by atoms with Crippen LogP contribution in [0.4, 0.5) is 5.69 Å². The second-order valence-corrected chi connectivity index (χ2v) is 7.00. The molecule has 0 saturated carbocycles. The Hall–Kier alpha value is -1.31. The number of hydrogen-bond donors (Lipinski definition) is 2. The molecule has 20 heavy (non-hydrogen) atoms. The first-order chi connectivity index (χ1) is 9.24. The lowest BCUT2D eigenvalue weighted by atomic mass is 10.1. The Labute approximate surface area is 120 Å². The van der Waals surface area contributed by atoms with Gasteiger partial charge in [0, 0.05) is 12.8 Å². The second kappa shape index (κ2) is 6.92. The molecule has 0 amide bonds. The van der Waals surface area contributed by atoms with Gasteiger partial charge in [0.15, 0.2) is 0 Å². The van der Waals surface area contributed by atoms with Crippen molar-refractivity contribution >= 4 is 15.7 Å². The Bertz CT molecular complexity index is 512. The Morgan fingerprint density at radius 2 is 1.85 bits per heavy atom. The standard InChI is InChI=1S/C13H22N2O4S/c1-13(2,10-18-3)15-20(16,17)9-8-19-12-6-4-11(14)5-7-12/h4-7,15H,8-10,14H2,1-3H3. The number of benzene rings is 1. The number of nitrogens with two attached hydrogens (primary N) is 1. The summed E-state index contributed by atoms with van der Waals surface area (Å²) in [5.41, 5.74) is 5.54. The van der Waals surface area contributed by atoms with Gasteiger partial charge in [-0.1, -0.05) is 0 Å². The van der Waals surface area contributed by atoms with Crippen LogP contribution >= 0.6 is 0 Å². The fourth-order valence-corrected chi connectivity index (χ4v) is 3.00. The zero-order valence-electron chi connectivity index (χ0n) is 12.0. The third-order valence-electron chi connectivity index (χ3n) is 2.44. The van der Waals surface area contributed by atoms with Crippen LogP contribution < -0.4 is 15.2 Å². The van der Waals surface area contributed by atoms with Gasteiger partial charge in [-0.2, -0.15) is 0 Å². The van der Waals surface area contributed by atoms with Crippen LogP contribution in [0.15, 0.2) is 24.3 Å². The average Bonchev–Trinajstić information content (AvgIpc) is 2.29. The maximum atomic E-state index is 11.9. The summed E-state index contributed by atoms with van der Waals surface area (Å²) in [5.74, 6) is 0.468. The van der Waals surface area contributed by atoms with Crippen molar-refractivity contribution in [1.82, 2.24) is 4.72 Å². The molecule has 0 spiro atoms. The van der Waals surface area contributed by atoms with E-state index in [9.17, 15) is 8.42 Å². The van der Waals surface area contributed by atoms with Crippen LogP contribution in [0.3, 0.4) is 0 Å². The van der Waals surface area contributed by atoms with Crippen LogP contribution in [-0.4, -0.2) is 40.0 Å².